The fourth-order valence-corrected chi connectivity index (χ4v) is 4.08. The zero-order valence-electron chi connectivity index (χ0n) is 19.0. The van der Waals surface area contributed by atoms with Crippen molar-refractivity contribution in [2.75, 3.05) is 12.4 Å². The van der Waals surface area contributed by atoms with E-state index in [9.17, 15) is 4.79 Å². The van der Waals surface area contributed by atoms with E-state index < -0.39 is 0 Å². The summed E-state index contributed by atoms with van der Waals surface area (Å²) >= 11 is 0. The second-order valence-corrected chi connectivity index (χ2v) is 8.04. The molecule has 0 spiro atoms. The van der Waals surface area contributed by atoms with Gasteiger partial charge in [-0.25, -0.2) is 0 Å². The summed E-state index contributed by atoms with van der Waals surface area (Å²) in [5.74, 6) is 1.93. The number of aryl methyl sites for hydroxylation is 2. The maximum Gasteiger partial charge on any atom is 0.227 e. The molecule has 1 heterocycles. The van der Waals surface area contributed by atoms with Gasteiger partial charge in [0, 0.05) is 43.7 Å². The van der Waals surface area contributed by atoms with Crippen LogP contribution < -0.4 is 16.0 Å². The summed E-state index contributed by atoms with van der Waals surface area (Å²) in [6.07, 6.45) is 7.21. The number of carbonyl (C=O) groups is 1. The number of amides is 1. The van der Waals surface area contributed by atoms with Crippen LogP contribution in [0.1, 0.15) is 68.5 Å². The van der Waals surface area contributed by atoms with Crippen LogP contribution in [0.15, 0.2) is 33.8 Å². The average Bonchev–Trinajstić information content (AvgIpc) is 3.22. The van der Waals surface area contributed by atoms with E-state index in [4.69, 9.17) is 4.52 Å². The van der Waals surface area contributed by atoms with Crippen molar-refractivity contribution in [3.05, 3.63) is 46.8 Å². The van der Waals surface area contributed by atoms with Gasteiger partial charge in [0.05, 0.1) is 5.69 Å². The van der Waals surface area contributed by atoms with E-state index in [1.54, 1.807) is 7.05 Å². The third-order valence-corrected chi connectivity index (χ3v) is 5.89. The Balaban J connectivity index is 1.53. The molecular formula is C24H35N5O2. The predicted octanol–water partition coefficient (Wildman–Crippen LogP) is 4.18. The quantitative estimate of drug-likeness (QED) is 0.436. The van der Waals surface area contributed by atoms with Gasteiger partial charge in [0.2, 0.25) is 5.91 Å². The van der Waals surface area contributed by atoms with Crippen molar-refractivity contribution in [1.82, 2.24) is 15.8 Å². The molecule has 0 unspecified atom stereocenters. The molecule has 0 atom stereocenters. The number of anilines is 1. The molecule has 0 bridgehead atoms. The lowest BCUT2D eigenvalue weighted by molar-refractivity contribution is -0.120. The molecule has 3 N–H and O–H groups in total. The molecule has 1 aliphatic rings. The number of guanidine groups is 1. The molecule has 1 amide bonds. The molecule has 0 radical (unpaired) electrons. The van der Waals surface area contributed by atoms with Crippen LogP contribution in [0.5, 0.6) is 0 Å². The van der Waals surface area contributed by atoms with Gasteiger partial charge in [-0.05, 0) is 37.0 Å². The standard InChI is InChI=1S/C24H35N5O2/c1-4-21-20(22(5-2)31-29-21)16-27-24(25-3)26-15-17-10-9-13-19(14-17)28-23(30)18-11-7-6-8-12-18/h9-10,13-14,18H,4-8,11-12,15-16H2,1-3H3,(H,28,30)(H2,25,26,27). The summed E-state index contributed by atoms with van der Waals surface area (Å²) in [7, 11) is 1.76. The van der Waals surface area contributed by atoms with Crippen LogP contribution in [-0.2, 0) is 30.7 Å². The first kappa shape index (κ1) is 22.8. The van der Waals surface area contributed by atoms with E-state index in [0.29, 0.717) is 19.0 Å². The Bertz CT molecular complexity index is 862. The number of hydrogen-bond donors (Lipinski definition) is 3. The molecule has 7 nitrogen and oxygen atoms in total. The minimum absolute atomic E-state index is 0.148. The lowest BCUT2D eigenvalue weighted by Crippen LogP contribution is -2.36. The highest BCUT2D eigenvalue weighted by molar-refractivity contribution is 5.92. The molecule has 1 saturated carbocycles. The molecular weight excluding hydrogens is 390 g/mol. The first-order valence-corrected chi connectivity index (χ1v) is 11.4. The number of nitrogens with one attached hydrogen (secondary N) is 3. The minimum Gasteiger partial charge on any atom is -0.361 e. The van der Waals surface area contributed by atoms with Gasteiger partial charge >= 0.3 is 0 Å². The van der Waals surface area contributed by atoms with E-state index in [1.807, 2.05) is 24.3 Å². The molecule has 1 aromatic heterocycles. The van der Waals surface area contributed by atoms with Crippen LogP contribution in [0.4, 0.5) is 5.69 Å². The van der Waals surface area contributed by atoms with Crippen molar-refractivity contribution in [3.63, 3.8) is 0 Å². The SMILES string of the molecule is CCc1noc(CC)c1CNC(=NC)NCc1cccc(NC(=O)C2CCCCC2)c1. The third kappa shape index (κ3) is 6.32. The van der Waals surface area contributed by atoms with E-state index in [-0.39, 0.29) is 11.8 Å². The smallest absolute Gasteiger partial charge is 0.227 e. The molecule has 1 aromatic carbocycles. The van der Waals surface area contributed by atoms with Crippen LogP contribution in [0.3, 0.4) is 0 Å². The Morgan fingerprint density at radius 2 is 1.90 bits per heavy atom. The number of benzene rings is 1. The van der Waals surface area contributed by atoms with E-state index in [1.165, 1.54) is 6.42 Å². The van der Waals surface area contributed by atoms with Crippen molar-refractivity contribution in [3.8, 4) is 0 Å². The third-order valence-electron chi connectivity index (χ3n) is 5.89. The van der Waals surface area contributed by atoms with Crippen molar-refractivity contribution in [1.29, 1.82) is 0 Å². The average molecular weight is 426 g/mol. The van der Waals surface area contributed by atoms with Gasteiger partial charge in [0.25, 0.3) is 0 Å². The van der Waals surface area contributed by atoms with Gasteiger partial charge in [0.15, 0.2) is 5.96 Å². The summed E-state index contributed by atoms with van der Waals surface area (Å²) < 4.78 is 5.43. The molecule has 31 heavy (non-hydrogen) atoms. The first-order valence-electron chi connectivity index (χ1n) is 11.4. The number of aliphatic imine (C=N–C) groups is 1. The number of carbonyl (C=O) groups excluding carboxylic acids is 1. The Kier molecular flexibility index (Phi) is 8.50. The predicted molar refractivity (Wildman–Crippen MR) is 124 cm³/mol. The highest BCUT2D eigenvalue weighted by atomic mass is 16.5. The molecule has 1 fully saturated rings. The second-order valence-electron chi connectivity index (χ2n) is 8.04. The molecule has 168 valence electrons. The van der Waals surface area contributed by atoms with Crippen LogP contribution in [0, 0.1) is 5.92 Å². The normalized spacial score (nSPS) is 15.0. The largest absolute Gasteiger partial charge is 0.361 e. The lowest BCUT2D eigenvalue weighted by atomic mass is 9.88. The van der Waals surface area contributed by atoms with Crippen LogP contribution in [0.2, 0.25) is 0 Å². The van der Waals surface area contributed by atoms with Gasteiger partial charge in [-0.15, -0.1) is 0 Å². The summed E-state index contributed by atoms with van der Waals surface area (Å²) in [6, 6.07) is 7.98. The number of aromatic nitrogens is 1. The Hall–Kier alpha value is -2.83. The van der Waals surface area contributed by atoms with E-state index >= 15 is 0 Å². The van der Waals surface area contributed by atoms with Crippen LogP contribution in [-0.4, -0.2) is 24.1 Å². The van der Waals surface area contributed by atoms with E-state index in [0.717, 1.165) is 66.8 Å². The van der Waals surface area contributed by atoms with Gasteiger partial charge in [-0.2, -0.15) is 0 Å². The van der Waals surface area contributed by atoms with E-state index in [2.05, 4.69) is 39.9 Å². The summed E-state index contributed by atoms with van der Waals surface area (Å²) in [6.45, 7) is 5.37. The van der Waals surface area contributed by atoms with Crippen molar-refractivity contribution >= 4 is 17.6 Å². The Morgan fingerprint density at radius 1 is 1.13 bits per heavy atom. The molecule has 2 aromatic rings. The number of nitrogens with zero attached hydrogens (tertiary/aromatic N) is 2. The second kappa shape index (κ2) is 11.5. The van der Waals surface area contributed by atoms with Crippen LogP contribution in [0.25, 0.3) is 0 Å². The first-order chi connectivity index (χ1) is 15.1. The molecule has 7 heteroatoms. The maximum absolute atomic E-state index is 12.5. The number of hydrogen-bond acceptors (Lipinski definition) is 4. The van der Waals surface area contributed by atoms with Gasteiger partial charge in [-0.3, -0.25) is 9.79 Å². The van der Waals surface area contributed by atoms with Gasteiger partial charge < -0.3 is 20.5 Å². The Labute approximate surface area is 185 Å². The number of rotatable bonds is 8. The highest BCUT2D eigenvalue weighted by Gasteiger charge is 2.21. The Morgan fingerprint density at radius 3 is 2.61 bits per heavy atom. The summed E-state index contributed by atoms with van der Waals surface area (Å²) in [5, 5.41) is 13.9. The van der Waals surface area contributed by atoms with Crippen molar-refractivity contribution in [2.45, 2.75) is 71.9 Å². The topological polar surface area (TPSA) is 91.6 Å². The molecule has 3 rings (SSSR count). The fourth-order valence-electron chi connectivity index (χ4n) is 4.08. The summed E-state index contributed by atoms with van der Waals surface area (Å²) in [5.41, 5.74) is 4.03. The highest BCUT2D eigenvalue weighted by Crippen LogP contribution is 2.25. The van der Waals surface area contributed by atoms with Crippen molar-refractivity contribution in [2.24, 2.45) is 10.9 Å². The molecule has 0 saturated heterocycles. The van der Waals surface area contributed by atoms with Gasteiger partial charge in [0.1, 0.15) is 5.76 Å². The monoisotopic (exact) mass is 425 g/mol. The zero-order chi connectivity index (χ0) is 22.1. The van der Waals surface area contributed by atoms with Crippen LogP contribution >= 0.6 is 0 Å². The van der Waals surface area contributed by atoms with Gasteiger partial charge in [-0.1, -0.05) is 50.4 Å². The summed E-state index contributed by atoms with van der Waals surface area (Å²) in [4.78, 5) is 16.8. The maximum atomic E-state index is 12.5. The van der Waals surface area contributed by atoms with Crippen molar-refractivity contribution < 1.29 is 9.32 Å². The fraction of sp³-hybridized carbons (Fsp3) is 0.542. The molecule has 0 aliphatic heterocycles. The lowest BCUT2D eigenvalue weighted by Gasteiger charge is -2.21. The molecule has 1 aliphatic carbocycles. The minimum atomic E-state index is 0.148. The zero-order valence-corrected chi connectivity index (χ0v) is 19.0.